The molecule has 2 aliphatic heterocycles. The number of phenols is 3. The van der Waals surface area contributed by atoms with E-state index in [0.717, 1.165) is 46.1 Å². The summed E-state index contributed by atoms with van der Waals surface area (Å²) in [6, 6.07) is 4.42. The molecule has 0 amide bonds. The number of aromatic hydroxyl groups is 3. The smallest absolute Gasteiger partial charge is 0.303 e. The van der Waals surface area contributed by atoms with E-state index in [9.17, 15) is 49.8 Å². The van der Waals surface area contributed by atoms with Crippen molar-refractivity contribution in [3.8, 4) is 45.8 Å². The monoisotopic (exact) mass is 750 g/mol. The van der Waals surface area contributed by atoms with E-state index in [1.54, 1.807) is 0 Å². The molecule has 288 valence electrons. The Bertz CT molecular complexity index is 1940. The Hall–Kier alpha value is -5.34. The summed E-state index contributed by atoms with van der Waals surface area (Å²) in [5.74, 6) is -6.36. The number of benzene rings is 2. The second-order valence-corrected chi connectivity index (χ2v) is 12.3. The summed E-state index contributed by atoms with van der Waals surface area (Å²) in [4.78, 5) is 49.5. The molecule has 19 heteroatoms. The van der Waals surface area contributed by atoms with Crippen LogP contribution < -0.4 is 19.6 Å². The normalized spacial score (nSPS) is 28.5. The van der Waals surface area contributed by atoms with Crippen LogP contribution in [0.2, 0.25) is 0 Å². The maximum atomic E-state index is 14.2. The molecule has 5 rings (SSSR count). The summed E-state index contributed by atoms with van der Waals surface area (Å²) in [5.41, 5.74) is -1.54. The van der Waals surface area contributed by atoms with E-state index in [2.05, 4.69) is 0 Å². The summed E-state index contributed by atoms with van der Waals surface area (Å²) < 4.78 is 50.1. The van der Waals surface area contributed by atoms with Crippen molar-refractivity contribution in [1.29, 1.82) is 0 Å². The van der Waals surface area contributed by atoms with Gasteiger partial charge in [-0.15, -0.1) is 0 Å². The molecule has 0 bridgehead atoms. The van der Waals surface area contributed by atoms with Crippen molar-refractivity contribution in [1.82, 2.24) is 0 Å². The highest BCUT2D eigenvalue weighted by atomic mass is 16.7. The minimum absolute atomic E-state index is 0.0669. The van der Waals surface area contributed by atoms with Crippen molar-refractivity contribution in [2.75, 3.05) is 7.11 Å². The molecule has 1 aromatic heterocycles. The van der Waals surface area contributed by atoms with E-state index in [1.807, 2.05) is 0 Å². The molecule has 0 radical (unpaired) electrons. The lowest BCUT2D eigenvalue weighted by molar-refractivity contribution is -0.277. The van der Waals surface area contributed by atoms with Crippen LogP contribution in [0.3, 0.4) is 0 Å². The van der Waals surface area contributed by atoms with Gasteiger partial charge in [-0.1, -0.05) is 0 Å². The third-order valence-electron chi connectivity index (χ3n) is 8.39. The molecule has 3 aromatic rings. The zero-order valence-electron chi connectivity index (χ0n) is 29.1. The van der Waals surface area contributed by atoms with Gasteiger partial charge in [-0.05, 0) is 32.0 Å². The lowest BCUT2D eigenvalue weighted by atomic mass is 9.99. The van der Waals surface area contributed by atoms with Crippen molar-refractivity contribution < 1.29 is 87.3 Å². The zero-order valence-corrected chi connectivity index (χ0v) is 29.1. The van der Waals surface area contributed by atoms with Crippen LogP contribution in [0.25, 0.3) is 22.3 Å². The van der Waals surface area contributed by atoms with Gasteiger partial charge in [0.1, 0.15) is 29.3 Å². The van der Waals surface area contributed by atoms with Gasteiger partial charge < -0.3 is 73.0 Å². The van der Waals surface area contributed by atoms with Gasteiger partial charge in [-0.2, -0.15) is 0 Å². The van der Waals surface area contributed by atoms with Gasteiger partial charge in [-0.25, -0.2) is 0 Å². The SMILES string of the molecule is COc1c(O[C@@H]2OC(C)[C@H](OC(C)=O)[C@H](O)C2OC(C)=O)cc2oc(-c3ccc(O)c(O)c3)c(O[C@@H]3OC(C)[C@H](OC(C)=O)C(O)[C@@H]3O)c(=O)c2c1O. The van der Waals surface area contributed by atoms with E-state index in [1.165, 1.54) is 19.9 Å². The van der Waals surface area contributed by atoms with E-state index in [0.29, 0.717) is 0 Å². The van der Waals surface area contributed by atoms with Crippen LogP contribution in [0.15, 0.2) is 33.5 Å². The first-order valence-electron chi connectivity index (χ1n) is 16.1. The number of ether oxygens (including phenoxy) is 8. The minimum atomic E-state index is -1.90. The third kappa shape index (κ3) is 7.74. The molecule has 0 aliphatic carbocycles. The van der Waals surface area contributed by atoms with Crippen LogP contribution in [-0.2, 0) is 38.1 Å². The Balaban J connectivity index is 1.63. The standard InChI is InChI=1S/C34H38O19/c1-11-27(48-13(3)35)24(42)25(43)33(46-11)53-31-23(41)21-19(51-29(31)16-7-8-17(38)18(39)9-16)10-20(30(45-6)22(21)40)52-34-32(50-15(5)37)26(44)28(12(2)47-34)49-14(4)36/h7-12,24-28,32-34,38-40,42-44H,1-6H3/t11?,12?,24?,25-,26-,27-,28-,32?,33-,34-/m0/s1. The Morgan fingerprint density at radius 3 is 1.83 bits per heavy atom. The van der Waals surface area contributed by atoms with Crippen molar-refractivity contribution >= 4 is 28.9 Å². The molecule has 2 saturated heterocycles. The van der Waals surface area contributed by atoms with E-state index in [-0.39, 0.29) is 11.3 Å². The molecule has 0 spiro atoms. The Morgan fingerprint density at radius 1 is 0.698 bits per heavy atom. The fourth-order valence-electron chi connectivity index (χ4n) is 5.98. The molecule has 6 N–H and O–H groups in total. The van der Waals surface area contributed by atoms with Gasteiger partial charge in [-0.3, -0.25) is 19.2 Å². The first-order valence-corrected chi connectivity index (χ1v) is 16.1. The van der Waals surface area contributed by atoms with Crippen LogP contribution >= 0.6 is 0 Å². The molecule has 19 nitrogen and oxygen atoms in total. The first kappa shape index (κ1) is 38.9. The summed E-state index contributed by atoms with van der Waals surface area (Å²) in [6.07, 6.45) is -14.9. The average molecular weight is 751 g/mol. The highest BCUT2D eigenvalue weighted by molar-refractivity contribution is 5.91. The topological polar surface area (TPSA) is 277 Å². The van der Waals surface area contributed by atoms with Gasteiger partial charge in [0.25, 0.3) is 0 Å². The predicted molar refractivity (Wildman–Crippen MR) is 174 cm³/mol. The summed E-state index contributed by atoms with van der Waals surface area (Å²) in [5, 5.41) is 63.7. The quantitative estimate of drug-likeness (QED) is 0.0998. The van der Waals surface area contributed by atoms with Crippen LogP contribution in [0.4, 0.5) is 0 Å². The Labute approximate surface area is 299 Å². The largest absolute Gasteiger partial charge is 0.504 e. The van der Waals surface area contributed by atoms with Crippen LogP contribution in [-0.4, -0.2) is 117 Å². The van der Waals surface area contributed by atoms with Gasteiger partial charge in [0.2, 0.25) is 29.5 Å². The van der Waals surface area contributed by atoms with Crippen molar-refractivity contribution in [3.63, 3.8) is 0 Å². The molecular weight excluding hydrogens is 712 g/mol. The zero-order chi connectivity index (χ0) is 39.0. The predicted octanol–water partition coefficient (Wildman–Crippen LogP) is 0.710. The minimum Gasteiger partial charge on any atom is -0.504 e. The summed E-state index contributed by atoms with van der Waals surface area (Å²) in [7, 11) is 1.12. The van der Waals surface area contributed by atoms with Crippen molar-refractivity contribution in [2.24, 2.45) is 0 Å². The number of methoxy groups -OCH3 is 1. The highest BCUT2D eigenvalue weighted by Crippen LogP contribution is 2.46. The maximum Gasteiger partial charge on any atom is 0.303 e. The lowest BCUT2D eigenvalue weighted by Gasteiger charge is -2.41. The molecule has 10 atom stereocenters. The summed E-state index contributed by atoms with van der Waals surface area (Å²) >= 11 is 0. The van der Waals surface area contributed by atoms with Crippen LogP contribution in [0, 0.1) is 0 Å². The molecule has 2 aliphatic rings. The third-order valence-corrected chi connectivity index (χ3v) is 8.39. The number of hydrogen-bond acceptors (Lipinski definition) is 19. The van der Waals surface area contributed by atoms with Gasteiger partial charge in [0.15, 0.2) is 47.1 Å². The van der Waals surface area contributed by atoms with Crippen LogP contribution in [0.5, 0.6) is 34.5 Å². The number of carbonyl (C=O) groups excluding carboxylic acids is 3. The molecule has 4 unspecified atom stereocenters. The second kappa shape index (κ2) is 15.3. The number of fused-ring (bicyclic) bond motifs is 1. The fraction of sp³-hybridized carbons (Fsp3) is 0.471. The van der Waals surface area contributed by atoms with Gasteiger partial charge in [0, 0.05) is 32.4 Å². The highest BCUT2D eigenvalue weighted by Gasteiger charge is 2.50. The van der Waals surface area contributed by atoms with Gasteiger partial charge >= 0.3 is 17.9 Å². The first-order chi connectivity index (χ1) is 24.9. The number of carbonyl (C=O) groups is 3. The van der Waals surface area contributed by atoms with E-state index >= 15 is 0 Å². The number of aliphatic hydroxyl groups is 3. The second-order valence-electron chi connectivity index (χ2n) is 12.3. The Morgan fingerprint density at radius 2 is 1.26 bits per heavy atom. The molecule has 2 fully saturated rings. The van der Waals surface area contributed by atoms with Crippen molar-refractivity contribution in [2.45, 2.75) is 96.0 Å². The van der Waals surface area contributed by atoms with E-state index < -0.39 is 130 Å². The van der Waals surface area contributed by atoms with Crippen molar-refractivity contribution in [3.05, 3.63) is 34.5 Å². The maximum absolute atomic E-state index is 14.2. The Kier molecular flexibility index (Phi) is 11.2. The molecule has 53 heavy (non-hydrogen) atoms. The number of aliphatic hydroxyl groups excluding tert-OH is 3. The molecular formula is C34H38O19. The van der Waals surface area contributed by atoms with Gasteiger partial charge in [0.05, 0.1) is 19.3 Å². The van der Waals surface area contributed by atoms with Crippen LogP contribution in [0.1, 0.15) is 34.6 Å². The molecule has 2 aromatic carbocycles. The molecule has 3 heterocycles. The molecule has 0 saturated carbocycles. The lowest BCUT2D eigenvalue weighted by Crippen LogP contribution is -2.60. The average Bonchev–Trinajstić information content (AvgIpc) is 3.07. The fourth-order valence-corrected chi connectivity index (χ4v) is 5.98. The number of esters is 3. The van der Waals surface area contributed by atoms with E-state index in [4.69, 9.17) is 42.3 Å². The number of rotatable bonds is 9. The summed E-state index contributed by atoms with van der Waals surface area (Å²) in [6.45, 7) is 6.13. The number of phenolic OH excluding ortho intramolecular Hbond substituents is 3. The number of hydrogen-bond donors (Lipinski definition) is 6.